The number of hydrogen-bond acceptors (Lipinski definition) is 5. The number of carbonyl (C=O) groups excluding carboxylic acids is 2. The number of aromatic nitrogens is 1. The lowest BCUT2D eigenvalue weighted by molar-refractivity contribution is -0.156. The third-order valence-corrected chi connectivity index (χ3v) is 5.88. The van der Waals surface area contributed by atoms with Crippen LogP contribution < -0.4 is 10.1 Å². The molecule has 1 N–H and O–H groups in total. The van der Waals surface area contributed by atoms with Crippen LogP contribution in [0.1, 0.15) is 15.9 Å². The molecule has 0 radical (unpaired) electrons. The van der Waals surface area contributed by atoms with Gasteiger partial charge in [0.1, 0.15) is 5.75 Å². The second-order valence-electron chi connectivity index (χ2n) is 7.96. The van der Waals surface area contributed by atoms with Gasteiger partial charge < -0.3 is 19.7 Å². The van der Waals surface area contributed by atoms with Crippen LogP contribution in [0.5, 0.6) is 5.75 Å². The number of carbonyl (C=O) groups is 2. The molecule has 2 heterocycles. The highest BCUT2D eigenvalue weighted by molar-refractivity contribution is 5.97. The molecule has 2 amide bonds. The number of methoxy groups -OCH3 is 1. The molecule has 2 aromatic carbocycles. The Balaban J connectivity index is 1.63. The summed E-state index contributed by atoms with van der Waals surface area (Å²) in [5, 5.41) is 2.73. The van der Waals surface area contributed by atoms with Gasteiger partial charge in [-0.25, -0.2) is 0 Å². The second kappa shape index (κ2) is 9.83. The summed E-state index contributed by atoms with van der Waals surface area (Å²) in [6, 6.07) is 19.0. The number of para-hydroxylation sites is 1. The van der Waals surface area contributed by atoms with E-state index in [1.54, 1.807) is 42.5 Å². The van der Waals surface area contributed by atoms with E-state index in [2.05, 4.69) is 10.3 Å². The van der Waals surface area contributed by atoms with Gasteiger partial charge in [-0.3, -0.25) is 14.6 Å². The summed E-state index contributed by atoms with van der Waals surface area (Å²) < 4.78 is 11.5. The average Bonchev–Trinajstić information content (AvgIpc) is 2.88. The van der Waals surface area contributed by atoms with E-state index >= 15 is 0 Å². The number of nitrogens with one attached hydrogen (secondary N) is 1. The lowest BCUT2D eigenvalue weighted by atomic mass is 9.89. The van der Waals surface area contributed by atoms with Gasteiger partial charge in [-0.2, -0.15) is 0 Å². The highest BCUT2D eigenvalue weighted by Crippen LogP contribution is 2.29. The van der Waals surface area contributed by atoms with Crippen molar-refractivity contribution in [1.29, 1.82) is 0 Å². The van der Waals surface area contributed by atoms with Crippen LogP contribution in [0.2, 0.25) is 0 Å². The van der Waals surface area contributed by atoms with Crippen LogP contribution in [-0.4, -0.2) is 61.2 Å². The summed E-state index contributed by atoms with van der Waals surface area (Å²) in [7, 11) is 3.12. The summed E-state index contributed by atoms with van der Waals surface area (Å²) in [6.45, 7) is 0.800. The van der Waals surface area contributed by atoms with Gasteiger partial charge in [0.25, 0.3) is 11.8 Å². The first-order valence-electron chi connectivity index (χ1n) is 10.8. The maximum atomic E-state index is 13.3. The van der Waals surface area contributed by atoms with Crippen molar-refractivity contribution in [1.82, 2.24) is 15.2 Å². The molecule has 33 heavy (non-hydrogen) atoms. The summed E-state index contributed by atoms with van der Waals surface area (Å²) in [6.07, 6.45) is 3.83. The Kier molecular flexibility index (Phi) is 6.70. The van der Waals surface area contributed by atoms with Crippen molar-refractivity contribution in [3.63, 3.8) is 0 Å². The van der Waals surface area contributed by atoms with Gasteiger partial charge in [-0.1, -0.05) is 36.4 Å². The molecular weight excluding hydrogens is 418 g/mol. The lowest BCUT2D eigenvalue weighted by Crippen LogP contribution is -2.61. The monoisotopic (exact) mass is 445 g/mol. The Bertz CT molecular complexity index is 1140. The first kappa shape index (κ1) is 22.5. The molecule has 7 heteroatoms. The molecule has 4 rings (SSSR count). The number of morpholine rings is 1. The minimum Gasteiger partial charge on any atom is -0.496 e. The van der Waals surface area contributed by atoms with Gasteiger partial charge in [0.15, 0.2) is 5.60 Å². The number of rotatable bonds is 6. The van der Waals surface area contributed by atoms with E-state index < -0.39 is 5.60 Å². The van der Waals surface area contributed by atoms with Crippen LogP contribution in [0.15, 0.2) is 73.1 Å². The van der Waals surface area contributed by atoms with E-state index in [1.807, 2.05) is 42.5 Å². The van der Waals surface area contributed by atoms with E-state index in [4.69, 9.17) is 9.47 Å². The minimum atomic E-state index is -1.19. The van der Waals surface area contributed by atoms with Gasteiger partial charge in [0.2, 0.25) is 0 Å². The molecule has 7 nitrogen and oxygen atoms in total. The Morgan fingerprint density at radius 3 is 2.64 bits per heavy atom. The van der Waals surface area contributed by atoms with E-state index in [0.717, 1.165) is 16.7 Å². The standard InChI is InChI=1S/C26H27N3O4/c1-27-25(31)26(17-19-6-5-7-21(16-19)20-10-12-28-13-11-20)18-29(14-15-33-26)24(30)22-8-3-4-9-23(22)32-2/h3-13,16H,14-15,17-18H2,1-2H3,(H,27,31)/t26-/m0/s1. The SMILES string of the molecule is CNC(=O)[C@]1(Cc2cccc(-c3ccncc3)c2)CN(C(=O)c2ccccc2OC)CCO1. The van der Waals surface area contributed by atoms with Gasteiger partial charge in [-0.15, -0.1) is 0 Å². The predicted molar refractivity (Wildman–Crippen MR) is 125 cm³/mol. The van der Waals surface area contributed by atoms with Crippen molar-refractivity contribution in [2.75, 3.05) is 33.9 Å². The van der Waals surface area contributed by atoms with Crippen LogP contribution in [0.4, 0.5) is 0 Å². The maximum Gasteiger partial charge on any atom is 0.257 e. The average molecular weight is 446 g/mol. The number of nitrogens with zero attached hydrogens (tertiary/aromatic N) is 2. The fraction of sp³-hybridized carbons (Fsp3) is 0.269. The molecule has 0 unspecified atom stereocenters. The van der Waals surface area contributed by atoms with E-state index in [9.17, 15) is 9.59 Å². The lowest BCUT2D eigenvalue weighted by Gasteiger charge is -2.41. The van der Waals surface area contributed by atoms with Gasteiger partial charge >= 0.3 is 0 Å². The van der Waals surface area contributed by atoms with Gasteiger partial charge in [0, 0.05) is 32.4 Å². The van der Waals surface area contributed by atoms with E-state index in [1.165, 1.54) is 7.11 Å². The fourth-order valence-corrected chi connectivity index (χ4v) is 4.24. The summed E-state index contributed by atoms with van der Waals surface area (Å²) >= 11 is 0. The molecule has 1 saturated heterocycles. The molecule has 1 fully saturated rings. The molecular formula is C26H27N3O4. The van der Waals surface area contributed by atoms with Crippen molar-refractivity contribution in [2.24, 2.45) is 0 Å². The zero-order chi connectivity index (χ0) is 23.3. The molecule has 1 atom stereocenters. The largest absolute Gasteiger partial charge is 0.496 e. The van der Waals surface area contributed by atoms with Crippen molar-refractivity contribution in [2.45, 2.75) is 12.0 Å². The summed E-state index contributed by atoms with van der Waals surface area (Å²) in [5.41, 5.74) is 2.28. The maximum absolute atomic E-state index is 13.3. The fourth-order valence-electron chi connectivity index (χ4n) is 4.24. The molecule has 170 valence electrons. The highest BCUT2D eigenvalue weighted by Gasteiger charge is 2.45. The summed E-state index contributed by atoms with van der Waals surface area (Å²) in [5.74, 6) is 0.0634. The van der Waals surface area contributed by atoms with Crippen LogP contribution >= 0.6 is 0 Å². The third kappa shape index (κ3) is 4.73. The second-order valence-corrected chi connectivity index (χ2v) is 7.96. The minimum absolute atomic E-state index is 0.142. The molecule has 0 spiro atoms. The number of ether oxygens (including phenoxy) is 2. The van der Waals surface area contributed by atoms with Crippen molar-refractivity contribution in [3.05, 3.63) is 84.2 Å². The van der Waals surface area contributed by atoms with Crippen molar-refractivity contribution >= 4 is 11.8 Å². The van der Waals surface area contributed by atoms with Crippen LogP contribution in [0, 0.1) is 0 Å². The van der Waals surface area contributed by atoms with Crippen molar-refractivity contribution in [3.8, 4) is 16.9 Å². The Labute approximate surface area is 193 Å². The molecule has 0 aliphatic carbocycles. The highest BCUT2D eigenvalue weighted by atomic mass is 16.5. The van der Waals surface area contributed by atoms with Crippen molar-refractivity contribution < 1.29 is 19.1 Å². The molecule has 3 aromatic rings. The van der Waals surface area contributed by atoms with E-state index in [0.29, 0.717) is 24.3 Å². The zero-order valence-electron chi connectivity index (χ0n) is 18.8. The number of amides is 2. The topological polar surface area (TPSA) is 80.8 Å². The molecule has 0 saturated carbocycles. The number of likely N-dealkylation sites (N-methyl/N-ethyl adjacent to an activating group) is 1. The molecule has 0 bridgehead atoms. The third-order valence-electron chi connectivity index (χ3n) is 5.88. The van der Waals surface area contributed by atoms with Gasteiger partial charge in [0.05, 0.1) is 25.8 Å². The molecule has 1 aromatic heterocycles. The quantitative estimate of drug-likeness (QED) is 0.631. The molecule has 1 aliphatic heterocycles. The number of hydrogen-bond donors (Lipinski definition) is 1. The Morgan fingerprint density at radius 1 is 1.09 bits per heavy atom. The Morgan fingerprint density at radius 2 is 1.88 bits per heavy atom. The predicted octanol–water partition coefficient (Wildman–Crippen LogP) is 2.96. The smallest absolute Gasteiger partial charge is 0.257 e. The first-order chi connectivity index (χ1) is 16.1. The van der Waals surface area contributed by atoms with E-state index in [-0.39, 0.29) is 25.0 Å². The van der Waals surface area contributed by atoms with Crippen LogP contribution in [-0.2, 0) is 16.0 Å². The normalized spacial score (nSPS) is 17.9. The van der Waals surface area contributed by atoms with Gasteiger partial charge in [-0.05, 0) is 41.0 Å². The number of benzene rings is 2. The zero-order valence-corrected chi connectivity index (χ0v) is 18.8. The first-order valence-corrected chi connectivity index (χ1v) is 10.8. The van der Waals surface area contributed by atoms with Crippen LogP contribution in [0.3, 0.4) is 0 Å². The molecule has 1 aliphatic rings. The summed E-state index contributed by atoms with van der Waals surface area (Å²) in [4.78, 5) is 32.1. The number of pyridine rings is 1. The Hall–Kier alpha value is -3.71. The van der Waals surface area contributed by atoms with Crippen LogP contribution in [0.25, 0.3) is 11.1 Å².